The Balaban J connectivity index is 2.33. The third-order valence-corrected chi connectivity index (χ3v) is 4.15. The highest BCUT2D eigenvalue weighted by atomic mass is 14.9. The van der Waals surface area contributed by atoms with Gasteiger partial charge in [0.2, 0.25) is 0 Å². The molecule has 0 bridgehead atoms. The summed E-state index contributed by atoms with van der Waals surface area (Å²) in [5.74, 6) is 0.990. The van der Waals surface area contributed by atoms with Crippen LogP contribution in [0.25, 0.3) is 0 Å². The average Bonchev–Trinajstić information content (AvgIpc) is 2.41. The second-order valence-electron chi connectivity index (χ2n) is 6.23. The molecule has 1 aliphatic carbocycles. The van der Waals surface area contributed by atoms with Gasteiger partial charge in [0, 0.05) is 12.1 Å². The van der Waals surface area contributed by atoms with Crippen molar-refractivity contribution in [2.45, 2.75) is 97.1 Å². The van der Waals surface area contributed by atoms with Crippen LogP contribution in [0.1, 0.15) is 85.0 Å². The molecule has 0 aromatic rings. The molecule has 0 aromatic heterocycles. The van der Waals surface area contributed by atoms with Gasteiger partial charge >= 0.3 is 0 Å². The zero-order valence-electron chi connectivity index (χ0n) is 12.3. The number of rotatable bonds is 5. The van der Waals surface area contributed by atoms with Gasteiger partial charge in [-0.05, 0) is 18.8 Å². The third kappa shape index (κ3) is 7.08. The van der Waals surface area contributed by atoms with Gasteiger partial charge in [-0.2, -0.15) is 0 Å². The molecule has 0 aliphatic heterocycles. The summed E-state index contributed by atoms with van der Waals surface area (Å²) in [7, 11) is 0. The topological polar surface area (TPSA) is 12.0 Å². The molecule has 102 valence electrons. The second-order valence-corrected chi connectivity index (χ2v) is 6.23. The lowest BCUT2D eigenvalue weighted by molar-refractivity contribution is 0.319. The van der Waals surface area contributed by atoms with Crippen LogP contribution in [0.15, 0.2) is 0 Å². The van der Waals surface area contributed by atoms with Crippen LogP contribution in [0.4, 0.5) is 0 Å². The predicted molar refractivity (Wildman–Crippen MR) is 77.4 cm³/mol. The van der Waals surface area contributed by atoms with Crippen LogP contribution in [0.2, 0.25) is 0 Å². The summed E-state index contributed by atoms with van der Waals surface area (Å²) in [6.45, 7) is 6.87. The van der Waals surface area contributed by atoms with E-state index in [1.807, 2.05) is 0 Å². The molecule has 0 aromatic carbocycles. The van der Waals surface area contributed by atoms with Crippen molar-refractivity contribution in [1.29, 1.82) is 0 Å². The predicted octanol–water partition coefficient (Wildman–Crippen LogP) is 4.90. The summed E-state index contributed by atoms with van der Waals surface area (Å²) in [5.41, 5.74) is 0. The molecule has 1 nitrogen and oxygen atoms in total. The normalized spacial score (nSPS) is 21.9. The fourth-order valence-corrected chi connectivity index (χ4v) is 3.18. The van der Waals surface area contributed by atoms with Crippen molar-refractivity contribution in [2.75, 3.05) is 0 Å². The van der Waals surface area contributed by atoms with Gasteiger partial charge in [-0.15, -0.1) is 0 Å². The van der Waals surface area contributed by atoms with E-state index in [1.165, 1.54) is 64.2 Å². The zero-order chi connectivity index (χ0) is 12.5. The summed E-state index contributed by atoms with van der Waals surface area (Å²) in [6, 6.07) is 1.39. The van der Waals surface area contributed by atoms with Gasteiger partial charge in [-0.25, -0.2) is 0 Å². The number of nitrogens with one attached hydrogen (secondary N) is 1. The minimum Gasteiger partial charge on any atom is -0.312 e. The molecule has 1 rings (SSSR count). The first kappa shape index (κ1) is 15.0. The van der Waals surface area contributed by atoms with Crippen molar-refractivity contribution in [3.05, 3.63) is 0 Å². The monoisotopic (exact) mass is 239 g/mol. The average molecular weight is 239 g/mol. The van der Waals surface area contributed by atoms with E-state index in [1.54, 1.807) is 0 Å². The van der Waals surface area contributed by atoms with Crippen LogP contribution < -0.4 is 5.32 Å². The molecule has 1 fully saturated rings. The van der Waals surface area contributed by atoms with E-state index in [-0.39, 0.29) is 0 Å². The van der Waals surface area contributed by atoms with Crippen LogP contribution in [0.5, 0.6) is 0 Å². The second kappa shape index (κ2) is 8.97. The van der Waals surface area contributed by atoms with E-state index in [0.29, 0.717) is 6.04 Å². The fourth-order valence-electron chi connectivity index (χ4n) is 3.18. The SMILES string of the molecule is CCC(CC1CCCCCCCC1)NC(C)C. The molecule has 0 radical (unpaired) electrons. The van der Waals surface area contributed by atoms with Gasteiger partial charge in [0.1, 0.15) is 0 Å². The van der Waals surface area contributed by atoms with Crippen molar-refractivity contribution in [3.8, 4) is 0 Å². The third-order valence-electron chi connectivity index (χ3n) is 4.15. The van der Waals surface area contributed by atoms with Gasteiger partial charge in [-0.3, -0.25) is 0 Å². The van der Waals surface area contributed by atoms with E-state index in [4.69, 9.17) is 0 Å². The van der Waals surface area contributed by atoms with Crippen LogP contribution in [-0.4, -0.2) is 12.1 Å². The molecular weight excluding hydrogens is 206 g/mol. The summed E-state index contributed by atoms with van der Waals surface area (Å²) in [6.07, 6.45) is 14.5. The van der Waals surface area contributed by atoms with Crippen LogP contribution >= 0.6 is 0 Å². The maximum atomic E-state index is 3.73. The summed E-state index contributed by atoms with van der Waals surface area (Å²) >= 11 is 0. The molecule has 1 aliphatic rings. The Morgan fingerprint density at radius 2 is 1.47 bits per heavy atom. The maximum absolute atomic E-state index is 3.73. The molecule has 1 atom stereocenters. The van der Waals surface area contributed by atoms with E-state index < -0.39 is 0 Å². The van der Waals surface area contributed by atoms with Crippen LogP contribution in [-0.2, 0) is 0 Å². The van der Waals surface area contributed by atoms with E-state index in [0.717, 1.165) is 12.0 Å². The lowest BCUT2D eigenvalue weighted by atomic mass is 9.89. The molecule has 1 unspecified atom stereocenters. The Morgan fingerprint density at radius 1 is 0.941 bits per heavy atom. The molecule has 0 amide bonds. The highest BCUT2D eigenvalue weighted by molar-refractivity contribution is 4.73. The Labute approximate surface area is 109 Å². The van der Waals surface area contributed by atoms with Gasteiger partial charge in [0.05, 0.1) is 0 Å². The molecule has 0 saturated heterocycles. The van der Waals surface area contributed by atoms with Crippen molar-refractivity contribution in [3.63, 3.8) is 0 Å². The van der Waals surface area contributed by atoms with Crippen LogP contribution in [0.3, 0.4) is 0 Å². The first-order chi connectivity index (χ1) is 8.22. The van der Waals surface area contributed by atoms with Gasteiger partial charge in [0.15, 0.2) is 0 Å². The molecule has 0 heterocycles. The summed E-state index contributed by atoms with van der Waals surface area (Å²) < 4.78 is 0. The van der Waals surface area contributed by atoms with Gasteiger partial charge < -0.3 is 5.32 Å². The molecule has 1 saturated carbocycles. The van der Waals surface area contributed by atoms with Crippen LogP contribution in [0, 0.1) is 5.92 Å². The standard InChI is InChI=1S/C16H33N/c1-4-16(17-14(2)3)13-15-11-9-7-5-6-8-10-12-15/h14-17H,4-13H2,1-3H3. The van der Waals surface area contributed by atoms with E-state index in [2.05, 4.69) is 26.1 Å². The molecule has 17 heavy (non-hydrogen) atoms. The number of hydrogen-bond acceptors (Lipinski definition) is 1. The summed E-state index contributed by atoms with van der Waals surface area (Å²) in [5, 5.41) is 3.73. The van der Waals surface area contributed by atoms with E-state index in [9.17, 15) is 0 Å². The largest absolute Gasteiger partial charge is 0.312 e. The van der Waals surface area contributed by atoms with Crippen molar-refractivity contribution >= 4 is 0 Å². The van der Waals surface area contributed by atoms with E-state index >= 15 is 0 Å². The molecular formula is C16H33N. The quantitative estimate of drug-likeness (QED) is 0.719. The fraction of sp³-hybridized carbons (Fsp3) is 1.00. The number of hydrogen-bond donors (Lipinski definition) is 1. The van der Waals surface area contributed by atoms with Crippen molar-refractivity contribution in [1.82, 2.24) is 5.32 Å². The zero-order valence-corrected chi connectivity index (χ0v) is 12.3. The Morgan fingerprint density at radius 3 is 1.94 bits per heavy atom. The Bertz CT molecular complexity index is 166. The Hall–Kier alpha value is -0.0400. The molecule has 1 N–H and O–H groups in total. The first-order valence-electron chi connectivity index (χ1n) is 7.98. The van der Waals surface area contributed by atoms with Gasteiger partial charge in [0.25, 0.3) is 0 Å². The van der Waals surface area contributed by atoms with Crippen molar-refractivity contribution in [2.24, 2.45) is 5.92 Å². The van der Waals surface area contributed by atoms with Crippen molar-refractivity contribution < 1.29 is 0 Å². The summed E-state index contributed by atoms with van der Waals surface area (Å²) in [4.78, 5) is 0. The minimum absolute atomic E-state index is 0.635. The highest BCUT2D eigenvalue weighted by Gasteiger charge is 2.16. The smallest absolute Gasteiger partial charge is 0.00694 e. The lowest BCUT2D eigenvalue weighted by Crippen LogP contribution is -2.35. The first-order valence-corrected chi connectivity index (χ1v) is 7.98. The maximum Gasteiger partial charge on any atom is 0.00694 e. The lowest BCUT2D eigenvalue weighted by Gasteiger charge is -2.25. The highest BCUT2D eigenvalue weighted by Crippen LogP contribution is 2.26. The Kier molecular flexibility index (Phi) is 7.92. The molecule has 1 heteroatoms. The molecule has 0 spiro atoms. The van der Waals surface area contributed by atoms with Gasteiger partial charge in [-0.1, -0.05) is 72.1 Å². The minimum atomic E-state index is 0.635.